The van der Waals surface area contributed by atoms with Gasteiger partial charge < -0.3 is 15.3 Å². The van der Waals surface area contributed by atoms with Crippen molar-refractivity contribution in [1.82, 2.24) is 4.90 Å². The monoisotopic (exact) mass is 248 g/mol. The van der Waals surface area contributed by atoms with E-state index in [0.29, 0.717) is 5.69 Å². The number of hydrogen-bond donors (Lipinski definition) is 2. The summed E-state index contributed by atoms with van der Waals surface area (Å²) in [6.07, 6.45) is 2.98. The molecule has 18 heavy (non-hydrogen) atoms. The molecule has 0 radical (unpaired) electrons. The van der Waals surface area contributed by atoms with Gasteiger partial charge in [0.15, 0.2) is 5.78 Å². The summed E-state index contributed by atoms with van der Waals surface area (Å²) in [6.45, 7) is 1.36. The van der Waals surface area contributed by atoms with Gasteiger partial charge >= 0.3 is 0 Å². The Kier molecular flexibility index (Phi) is 4.48. The van der Waals surface area contributed by atoms with E-state index in [1.807, 2.05) is 0 Å². The fourth-order valence-electron chi connectivity index (χ4n) is 1.34. The molecule has 0 saturated carbocycles. The second-order valence-corrected chi connectivity index (χ2v) is 4.05. The van der Waals surface area contributed by atoms with Gasteiger partial charge in [-0.25, -0.2) is 0 Å². The van der Waals surface area contributed by atoms with Crippen LogP contribution in [0.5, 0.6) is 5.75 Å². The van der Waals surface area contributed by atoms with Crippen LogP contribution in [-0.4, -0.2) is 35.8 Å². The zero-order valence-corrected chi connectivity index (χ0v) is 10.6. The first kappa shape index (κ1) is 13.8. The number of rotatable bonds is 4. The topological polar surface area (TPSA) is 69.6 Å². The lowest BCUT2D eigenvalue weighted by molar-refractivity contribution is -0.114. The van der Waals surface area contributed by atoms with Crippen molar-refractivity contribution in [1.29, 1.82) is 0 Å². The quantitative estimate of drug-likeness (QED) is 0.482. The molecule has 96 valence electrons. The molecule has 0 aliphatic rings. The van der Waals surface area contributed by atoms with Crippen LogP contribution < -0.4 is 5.32 Å². The Hall–Kier alpha value is -2.30. The molecule has 0 fully saturated rings. The van der Waals surface area contributed by atoms with Crippen LogP contribution in [-0.2, 0) is 4.79 Å². The van der Waals surface area contributed by atoms with Crippen molar-refractivity contribution in [3.8, 4) is 5.75 Å². The van der Waals surface area contributed by atoms with Crippen LogP contribution in [0.1, 0.15) is 17.3 Å². The second-order valence-electron chi connectivity index (χ2n) is 4.05. The summed E-state index contributed by atoms with van der Waals surface area (Å²) in [5.41, 5.74) is 0.636. The van der Waals surface area contributed by atoms with Gasteiger partial charge in [0.2, 0.25) is 5.91 Å². The molecule has 1 aromatic carbocycles. The van der Waals surface area contributed by atoms with Gasteiger partial charge in [-0.05, 0) is 18.2 Å². The number of aromatic hydroxyl groups is 1. The summed E-state index contributed by atoms with van der Waals surface area (Å²) in [6, 6.07) is 4.23. The number of phenolic OH excluding ortho intramolecular Hbond substituents is 1. The fraction of sp³-hybridized carbons (Fsp3) is 0.231. The van der Waals surface area contributed by atoms with Crippen LogP contribution in [0.25, 0.3) is 0 Å². The first-order valence-corrected chi connectivity index (χ1v) is 5.39. The van der Waals surface area contributed by atoms with Gasteiger partial charge in [0, 0.05) is 38.9 Å². The summed E-state index contributed by atoms with van der Waals surface area (Å²) in [7, 11) is 3.59. The highest BCUT2D eigenvalue weighted by Crippen LogP contribution is 2.22. The molecule has 0 aromatic heterocycles. The van der Waals surface area contributed by atoms with Crippen molar-refractivity contribution in [2.45, 2.75) is 6.92 Å². The van der Waals surface area contributed by atoms with E-state index >= 15 is 0 Å². The number of anilines is 1. The zero-order chi connectivity index (χ0) is 13.7. The Bertz CT molecular complexity index is 493. The lowest BCUT2D eigenvalue weighted by Gasteiger charge is -2.08. The Morgan fingerprint density at radius 1 is 1.33 bits per heavy atom. The minimum atomic E-state index is -0.289. The van der Waals surface area contributed by atoms with Crippen molar-refractivity contribution in [2.75, 3.05) is 19.4 Å². The van der Waals surface area contributed by atoms with E-state index in [-0.39, 0.29) is 23.0 Å². The average Bonchev–Trinajstić information content (AvgIpc) is 2.27. The smallest absolute Gasteiger partial charge is 0.221 e. The van der Waals surface area contributed by atoms with E-state index in [4.69, 9.17) is 0 Å². The van der Waals surface area contributed by atoms with E-state index in [2.05, 4.69) is 5.32 Å². The highest BCUT2D eigenvalue weighted by Gasteiger charge is 2.11. The summed E-state index contributed by atoms with van der Waals surface area (Å²) < 4.78 is 0. The maximum Gasteiger partial charge on any atom is 0.221 e. The van der Waals surface area contributed by atoms with E-state index < -0.39 is 0 Å². The van der Waals surface area contributed by atoms with Crippen LogP contribution in [0, 0.1) is 0 Å². The molecule has 2 N–H and O–H groups in total. The molecule has 1 amide bonds. The van der Waals surface area contributed by atoms with Crippen molar-refractivity contribution in [2.24, 2.45) is 0 Å². The zero-order valence-electron chi connectivity index (χ0n) is 10.6. The molecule has 0 aliphatic heterocycles. The second kappa shape index (κ2) is 5.86. The number of phenols is 1. The molecule has 0 spiro atoms. The summed E-state index contributed by atoms with van der Waals surface area (Å²) in [5, 5.41) is 11.9. The molecule has 5 heteroatoms. The molecule has 0 bridgehead atoms. The van der Waals surface area contributed by atoms with Crippen LogP contribution in [0.2, 0.25) is 0 Å². The van der Waals surface area contributed by atoms with Gasteiger partial charge in [0.1, 0.15) is 5.75 Å². The average molecular weight is 248 g/mol. The third-order valence-electron chi connectivity index (χ3n) is 2.10. The van der Waals surface area contributed by atoms with Gasteiger partial charge in [-0.3, -0.25) is 9.59 Å². The highest BCUT2D eigenvalue weighted by molar-refractivity contribution is 6.10. The summed E-state index contributed by atoms with van der Waals surface area (Å²) in [5.74, 6) is -0.583. The lowest BCUT2D eigenvalue weighted by atomic mass is 10.1. The Balaban J connectivity index is 3.08. The Morgan fingerprint density at radius 3 is 2.56 bits per heavy atom. The van der Waals surface area contributed by atoms with Crippen LogP contribution in [0.3, 0.4) is 0 Å². The minimum absolute atomic E-state index is 0.0225. The van der Waals surface area contributed by atoms with Gasteiger partial charge in [0.05, 0.1) is 5.69 Å². The van der Waals surface area contributed by atoms with Crippen molar-refractivity contribution in [3.05, 3.63) is 36.0 Å². The van der Waals surface area contributed by atoms with Crippen LogP contribution >= 0.6 is 0 Å². The van der Waals surface area contributed by atoms with Crippen molar-refractivity contribution in [3.63, 3.8) is 0 Å². The fourth-order valence-corrected chi connectivity index (χ4v) is 1.34. The molecular formula is C13H16N2O3. The predicted molar refractivity (Wildman–Crippen MR) is 69.6 cm³/mol. The van der Waals surface area contributed by atoms with Gasteiger partial charge in [-0.1, -0.05) is 0 Å². The largest absolute Gasteiger partial charge is 0.508 e. The number of nitrogens with zero attached hydrogens (tertiary/aromatic N) is 1. The minimum Gasteiger partial charge on any atom is -0.508 e. The Labute approximate surface area is 106 Å². The van der Waals surface area contributed by atoms with Gasteiger partial charge in [0.25, 0.3) is 0 Å². The van der Waals surface area contributed by atoms with E-state index in [1.165, 1.54) is 31.2 Å². The molecule has 0 aliphatic carbocycles. The van der Waals surface area contributed by atoms with Crippen LogP contribution in [0.4, 0.5) is 5.69 Å². The number of hydrogen-bond acceptors (Lipinski definition) is 4. The first-order chi connectivity index (χ1) is 8.40. The van der Waals surface area contributed by atoms with E-state index in [9.17, 15) is 14.7 Å². The summed E-state index contributed by atoms with van der Waals surface area (Å²) in [4.78, 5) is 24.7. The number of ketones is 1. The maximum absolute atomic E-state index is 11.9. The number of carbonyl (C=O) groups excluding carboxylic acids is 2. The van der Waals surface area contributed by atoms with Crippen LogP contribution in [0.15, 0.2) is 30.5 Å². The number of benzene rings is 1. The van der Waals surface area contributed by atoms with Gasteiger partial charge in [-0.2, -0.15) is 0 Å². The standard InChI is InChI=1S/C13H16N2O3/c1-9(16)14-12-5-4-10(17)8-11(12)13(18)6-7-15(2)3/h4-8,17H,1-3H3,(H,14,16). The normalized spacial score (nSPS) is 10.4. The molecule has 0 atom stereocenters. The van der Waals surface area contributed by atoms with Crippen molar-refractivity contribution >= 4 is 17.4 Å². The highest BCUT2D eigenvalue weighted by atomic mass is 16.3. The third kappa shape index (κ3) is 3.93. The van der Waals surface area contributed by atoms with Crippen molar-refractivity contribution < 1.29 is 14.7 Å². The predicted octanol–water partition coefficient (Wildman–Crippen LogP) is 1.61. The van der Waals surface area contributed by atoms with E-state index in [0.717, 1.165) is 0 Å². The SMILES string of the molecule is CC(=O)Nc1ccc(O)cc1C(=O)C=CN(C)C. The maximum atomic E-state index is 11.9. The number of amides is 1. The summed E-state index contributed by atoms with van der Waals surface area (Å²) >= 11 is 0. The van der Waals surface area contributed by atoms with Gasteiger partial charge in [-0.15, -0.1) is 0 Å². The molecule has 0 unspecified atom stereocenters. The molecule has 1 rings (SSSR count). The number of carbonyl (C=O) groups is 2. The number of nitrogens with one attached hydrogen (secondary N) is 1. The number of allylic oxidation sites excluding steroid dienone is 1. The molecule has 0 saturated heterocycles. The molecular weight excluding hydrogens is 232 g/mol. The third-order valence-corrected chi connectivity index (χ3v) is 2.10. The molecule has 1 aromatic rings. The van der Waals surface area contributed by atoms with E-state index in [1.54, 1.807) is 25.2 Å². The lowest BCUT2D eigenvalue weighted by Crippen LogP contribution is -2.10. The molecule has 0 heterocycles. The Morgan fingerprint density at radius 2 is 2.00 bits per heavy atom. The first-order valence-electron chi connectivity index (χ1n) is 5.39. The molecule has 5 nitrogen and oxygen atoms in total.